The fourth-order valence-electron chi connectivity index (χ4n) is 3.98. The molecule has 0 spiro atoms. The molecule has 0 radical (unpaired) electrons. The first-order valence-electron chi connectivity index (χ1n) is 9.67. The lowest BCUT2D eigenvalue weighted by Gasteiger charge is -2.18. The predicted molar refractivity (Wildman–Crippen MR) is 112 cm³/mol. The highest BCUT2D eigenvalue weighted by Gasteiger charge is 2.47. The number of halogens is 3. The molecule has 0 saturated heterocycles. The molecule has 0 bridgehead atoms. The molecular formula is C21H21F3O7S2. The summed E-state index contributed by atoms with van der Waals surface area (Å²) in [7, 11) is -6.80. The Morgan fingerprint density at radius 2 is 1.58 bits per heavy atom. The maximum absolute atomic E-state index is 13.9. The second kappa shape index (κ2) is 8.73. The van der Waals surface area contributed by atoms with E-state index < -0.39 is 59.6 Å². The summed E-state index contributed by atoms with van der Waals surface area (Å²) < 4.78 is 96.1. The summed E-state index contributed by atoms with van der Waals surface area (Å²) in [6.07, 6.45) is -5.53. The van der Waals surface area contributed by atoms with Crippen LogP contribution in [0.4, 0.5) is 13.2 Å². The van der Waals surface area contributed by atoms with Crippen molar-refractivity contribution in [3.8, 4) is 11.1 Å². The topological polar surface area (TPSA) is 115 Å². The van der Waals surface area contributed by atoms with Crippen molar-refractivity contribution in [1.29, 1.82) is 0 Å². The van der Waals surface area contributed by atoms with Crippen molar-refractivity contribution in [2.45, 2.75) is 40.2 Å². The summed E-state index contributed by atoms with van der Waals surface area (Å²) in [6, 6.07) is 7.91. The summed E-state index contributed by atoms with van der Waals surface area (Å²) in [5, 5.41) is 7.95. The van der Waals surface area contributed by atoms with E-state index in [1.165, 1.54) is 37.4 Å². The average Bonchev–Trinajstić information content (AvgIpc) is 3.18. The third-order valence-electron chi connectivity index (χ3n) is 5.73. The molecule has 0 unspecified atom stereocenters. The van der Waals surface area contributed by atoms with Gasteiger partial charge in [-0.05, 0) is 48.2 Å². The van der Waals surface area contributed by atoms with Crippen LogP contribution in [-0.4, -0.2) is 52.6 Å². The Kier molecular flexibility index (Phi) is 6.66. The minimum Gasteiger partial charge on any atom is -0.481 e. The first kappa shape index (κ1) is 25.2. The number of alkyl halides is 3. The summed E-state index contributed by atoms with van der Waals surface area (Å²) in [5.74, 6) is -2.42. The van der Waals surface area contributed by atoms with Gasteiger partial charge in [-0.15, -0.1) is 0 Å². The van der Waals surface area contributed by atoms with Gasteiger partial charge in [0, 0.05) is 13.4 Å². The van der Waals surface area contributed by atoms with E-state index in [1.54, 1.807) is 0 Å². The summed E-state index contributed by atoms with van der Waals surface area (Å²) >= 11 is 0. The molecule has 1 N–H and O–H groups in total. The Morgan fingerprint density at radius 3 is 2.03 bits per heavy atom. The number of hydrogen-bond donors (Lipinski definition) is 1. The molecule has 0 heterocycles. The highest BCUT2D eigenvalue weighted by Crippen LogP contribution is 2.42. The van der Waals surface area contributed by atoms with Gasteiger partial charge in [0.05, 0.1) is 32.6 Å². The second-order valence-corrected chi connectivity index (χ2v) is 12.1. The van der Waals surface area contributed by atoms with Gasteiger partial charge in [0.1, 0.15) is 0 Å². The molecule has 3 atom stereocenters. The second-order valence-electron chi connectivity index (χ2n) is 7.86. The zero-order valence-electron chi connectivity index (χ0n) is 17.5. The number of carbonyl (C=O) groups is 1. The first-order valence-corrected chi connectivity index (χ1v) is 13.1. The number of hydrogen-bond acceptors (Lipinski definition) is 6. The fourth-order valence-corrected chi connectivity index (χ4v) is 6.61. The first-order chi connectivity index (χ1) is 15.2. The van der Waals surface area contributed by atoms with Gasteiger partial charge in [0.15, 0.2) is 19.7 Å². The van der Waals surface area contributed by atoms with Crippen LogP contribution < -0.4 is 0 Å². The van der Waals surface area contributed by atoms with Gasteiger partial charge in [0.2, 0.25) is 0 Å². The zero-order valence-corrected chi connectivity index (χ0v) is 19.2. The number of rotatable bonds is 6. The van der Waals surface area contributed by atoms with Crippen molar-refractivity contribution in [1.82, 2.24) is 0 Å². The molecule has 2 aromatic rings. The molecule has 0 aliphatic heterocycles. The highest BCUT2D eigenvalue weighted by atomic mass is 32.2. The third-order valence-corrected chi connectivity index (χ3v) is 9.09. The van der Waals surface area contributed by atoms with Crippen LogP contribution in [0.3, 0.4) is 0 Å². The van der Waals surface area contributed by atoms with E-state index >= 15 is 0 Å². The van der Waals surface area contributed by atoms with Crippen LogP contribution in [0.25, 0.3) is 11.1 Å². The van der Waals surface area contributed by atoms with Crippen molar-refractivity contribution in [2.75, 3.05) is 13.4 Å². The van der Waals surface area contributed by atoms with Gasteiger partial charge in [-0.3, -0.25) is 4.79 Å². The number of sulfone groups is 2. The molecule has 2 aromatic carbocycles. The highest BCUT2D eigenvalue weighted by molar-refractivity contribution is 7.92. The number of carboxylic acids is 1. The maximum atomic E-state index is 13.9. The van der Waals surface area contributed by atoms with Crippen molar-refractivity contribution >= 4 is 25.6 Å². The SMILES string of the molecule is CO[C@H]1C[C@@H](S(=O)(=O)c2ccc(-c3ccc(S(C)(=O)=O)cc3)cc2C(F)(F)F)C[C@@H]1C(=O)O. The lowest BCUT2D eigenvalue weighted by atomic mass is 10.0. The van der Waals surface area contributed by atoms with Crippen molar-refractivity contribution in [3.63, 3.8) is 0 Å². The Bertz CT molecular complexity index is 1270. The molecule has 12 heteroatoms. The molecule has 1 fully saturated rings. The van der Waals surface area contributed by atoms with Gasteiger partial charge in [-0.2, -0.15) is 13.2 Å². The van der Waals surface area contributed by atoms with Gasteiger partial charge >= 0.3 is 12.1 Å². The summed E-state index contributed by atoms with van der Waals surface area (Å²) in [4.78, 5) is 10.5. The molecule has 7 nitrogen and oxygen atoms in total. The van der Waals surface area contributed by atoms with Crippen LogP contribution in [0, 0.1) is 5.92 Å². The fraction of sp³-hybridized carbons (Fsp3) is 0.381. The van der Waals surface area contributed by atoms with E-state index in [4.69, 9.17) is 4.74 Å². The lowest BCUT2D eigenvalue weighted by molar-refractivity contribution is -0.145. The minimum atomic E-state index is -5.00. The van der Waals surface area contributed by atoms with Crippen LogP contribution in [0.2, 0.25) is 0 Å². The van der Waals surface area contributed by atoms with Crippen molar-refractivity contribution < 1.29 is 44.6 Å². The van der Waals surface area contributed by atoms with Crippen LogP contribution >= 0.6 is 0 Å². The summed E-state index contributed by atoms with van der Waals surface area (Å²) in [5.41, 5.74) is -1.06. The maximum Gasteiger partial charge on any atom is 0.417 e. The molecule has 1 aliphatic carbocycles. The number of carboxylic acid groups (broad SMARTS) is 1. The molecular weight excluding hydrogens is 485 g/mol. The predicted octanol–water partition coefficient (Wildman–Crippen LogP) is 3.43. The Balaban J connectivity index is 2.06. The van der Waals surface area contributed by atoms with Gasteiger partial charge in [0.25, 0.3) is 0 Å². The number of ether oxygens (including phenoxy) is 1. The van der Waals surface area contributed by atoms with Crippen molar-refractivity contribution in [2.24, 2.45) is 5.92 Å². The monoisotopic (exact) mass is 506 g/mol. The summed E-state index contributed by atoms with van der Waals surface area (Å²) in [6.45, 7) is 0. The third kappa shape index (κ3) is 5.07. The van der Waals surface area contributed by atoms with Gasteiger partial charge < -0.3 is 9.84 Å². The molecule has 3 rings (SSSR count). The smallest absolute Gasteiger partial charge is 0.417 e. The van der Waals surface area contributed by atoms with Crippen molar-refractivity contribution in [3.05, 3.63) is 48.0 Å². The quantitative estimate of drug-likeness (QED) is 0.638. The lowest BCUT2D eigenvalue weighted by Crippen LogP contribution is -2.24. The minimum absolute atomic E-state index is 0.0107. The normalized spacial score (nSPS) is 21.8. The van der Waals surface area contributed by atoms with Crippen LogP contribution in [0.1, 0.15) is 18.4 Å². The number of benzene rings is 2. The zero-order chi connectivity index (χ0) is 24.8. The van der Waals surface area contributed by atoms with Gasteiger partial charge in [-0.1, -0.05) is 18.2 Å². The van der Waals surface area contributed by atoms with E-state index in [0.717, 1.165) is 12.3 Å². The van der Waals surface area contributed by atoms with Gasteiger partial charge in [-0.25, -0.2) is 16.8 Å². The number of methoxy groups -OCH3 is 1. The Morgan fingerprint density at radius 1 is 1.00 bits per heavy atom. The van der Waals surface area contributed by atoms with E-state index in [1.807, 2.05) is 0 Å². The molecule has 1 saturated carbocycles. The molecule has 0 amide bonds. The van der Waals surface area contributed by atoms with E-state index in [2.05, 4.69) is 0 Å². The Hall–Kier alpha value is -2.44. The van der Waals surface area contributed by atoms with Crippen LogP contribution in [0.5, 0.6) is 0 Å². The van der Waals surface area contributed by atoms with Crippen LogP contribution in [-0.2, 0) is 35.4 Å². The van der Waals surface area contributed by atoms with E-state index in [-0.39, 0.29) is 28.9 Å². The standard InChI is InChI=1S/C21H21F3O7S2/c1-31-18-11-15(10-16(18)20(25)26)33(29,30)19-8-5-13(9-17(19)21(22,23)24)12-3-6-14(7-4-12)32(2,27)28/h3-9,15-16,18H,10-11H2,1-2H3,(H,25,26)/t15-,16-,18-/m0/s1. The molecule has 0 aromatic heterocycles. The average molecular weight is 507 g/mol. The molecule has 33 heavy (non-hydrogen) atoms. The number of aliphatic carboxylic acids is 1. The van der Waals surface area contributed by atoms with Crippen LogP contribution in [0.15, 0.2) is 52.3 Å². The van der Waals surface area contributed by atoms with E-state index in [0.29, 0.717) is 6.07 Å². The Labute approximate surface area is 189 Å². The molecule has 180 valence electrons. The largest absolute Gasteiger partial charge is 0.481 e. The molecule has 1 aliphatic rings. The van der Waals surface area contributed by atoms with E-state index in [9.17, 15) is 39.9 Å².